The maximum atomic E-state index is 13.2. The van der Waals surface area contributed by atoms with Gasteiger partial charge in [-0.15, -0.1) is 0 Å². The van der Waals surface area contributed by atoms with Crippen molar-refractivity contribution < 1.29 is 76.3 Å². The minimum Gasteiger partial charge on any atom is -0.462 e. The molecule has 16 nitrogen and oxygen atoms in total. The molecule has 0 aliphatic heterocycles. The smallest absolute Gasteiger partial charge is 0.333 e. The summed E-state index contributed by atoms with van der Waals surface area (Å²) in [4.78, 5) is 99.2. The largest absolute Gasteiger partial charge is 0.462 e. The van der Waals surface area contributed by atoms with E-state index in [2.05, 4.69) is 26.3 Å². The molecule has 1 rings (SSSR count). The van der Waals surface area contributed by atoms with E-state index in [0.29, 0.717) is 38.5 Å². The second kappa shape index (κ2) is 28.2. The number of carbonyl (C=O) groups excluding carboxylic acids is 8. The molecule has 1 fully saturated rings. The molecular formula is C42H60O16. The quantitative estimate of drug-likeness (QED) is 0.0408. The minimum absolute atomic E-state index is 0.0377. The Morgan fingerprint density at radius 1 is 0.379 bits per heavy atom. The number of unbranched alkanes of at least 4 members (excludes halogenated alkanes) is 4. The number of rotatable bonds is 28. The van der Waals surface area contributed by atoms with Crippen molar-refractivity contribution in [2.45, 2.75) is 142 Å². The van der Waals surface area contributed by atoms with Crippen molar-refractivity contribution in [3.05, 3.63) is 48.6 Å². The van der Waals surface area contributed by atoms with E-state index in [4.69, 9.17) is 37.9 Å². The summed E-state index contributed by atoms with van der Waals surface area (Å²) in [5, 5.41) is 0. The van der Waals surface area contributed by atoms with Gasteiger partial charge in [0.25, 0.3) is 0 Å². The van der Waals surface area contributed by atoms with Crippen molar-refractivity contribution >= 4 is 47.8 Å². The van der Waals surface area contributed by atoms with E-state index in [1.54, 1.807) is 0 Å². The molecule has 0 radical (unpaired) electrons. The highest BCUT2D eigenvalue weighted by Gasteiger charge is 2.48. The minimum atomic E-state index is -1.37. The van der Waals surface area contributed by atoms with Crippen molar-refractivity contribution in [2.24, 2.45) is 0 Å². The third kappa shape index (κ3) is 21.9. The third-order valence-corrected chi connectivity index (χ3v) is 8.32. The molecule has 0 bridgehead atoms. The predicted molar refractivity (Wildman–Crippen MR) is 207 cm³/mol. The van der Waals surface area contributed by atoms with Gasteiger partial charge in [-0.05, 0) is 91.9 Å². The molecule has 0 N–H and O–H groups in total. The average molecular weight is 821 g/mol. The van der Waals surface area contributed by atoms with Crippen LogP contribution in [0.1, 0.15) is 118 Å². The number of hydrogen-bond acceptors (Lipinski definition) is 16. The molecule has 0 heterocycles. The highest BCUT2D eigenvalue weighted by atomic mass is 16.6. The van der Waals surface area contributed by atoms with Gasteiger partial charge < -0.3 is 37.9 Å². The zero-order valence-corrected chi connectivity index (χ0v) is 34.4. The van der Waals surface area contributed by atoms with Gasteiger partial charge >= 0.3 is 47.8 Å². The topological polar surface area (TPSA) is 210 Å². The molecule has 0 aromatic rings. The summed E-state index contributed by atoms with van der Waals surface area (Å²) in [5.74, 6) is -4.97. The fourth-order valence-electron chi connectivity index (χ4n) is 5.13. The van der Waals surface area contributed by atoms with Crippen LogP contribution in [0.2, 0.25) is 0 Å². The van der Waals surface area contributed by atoms with Gasteiger partial charge in [-0.3, -0.25) is 19.2 Å². The van der Waals surface area contributed by atoms with Crippen molar-refractivity contribution in [1.29, 1.82) is 0 Å². The van der Waals surface area contributed by atoms with Crippen LogP contribution >= 0.6 is 0 Å². The van der Waals surface area contributed by atoms with E-state index in [1.165, 1.54) is 27.7 Å². The standard InChI is InChI=1S/C42H60O16/c1-27(2)39(47)51-23-13-9-17-33(43)55-31-21-22-32(56-34(44)18-10-14-24-52-40(48)28(3)4)38(58-36(46)20-12-16-26-54-42(50)30(7)8)37(31)57-35(45)19-11-15-25-53-41(49)29(5)6/h31-32,37-38H,1,3,5,7,9-26H2,2,4,6,8H3/t31-,32+,37-,38-/m0/s1. The molecule has 324 valence electrons. The Kier molecular flexibility index (Phi) is 24.6. The molecule has 0 spiro atoms. The predicted octanol–water partition coefficient (Wildman–Crippen LogP) is 5.59. The first-order chi connectivity index (χ1) is 27.4. The lowest BCUT2D eigenvalue weighted by molar-refractivity contribution is -0.212. The molecule has 4 atom stereocenters. The van der Waals surface area contributed by atoms with E-state index in [9.17, 15) is 38.4 Å². The Bertz CT molecular complexity index is 1380. The lowest BCUT2D eigenvalue weighted by atomic mass is 9.88. The number of ether oxygens (including phenoxy) is 8. The summed E-state index contributed by atoms with van der Waals surface area (Å²) < 4.78 is 43.5. The van der Waals surface area contributed by atoms with Crippen LogP contribution in [0.4, 0.5) is 0 Å². The van der Waals surface area contributed by atoms with Gasteiger partial charge in [0.05, 0.1) is 26.4 Å². The maximum Gasteiger partial charge on any atom is 0.333 e. The van der Waals surface area contributed by atoms with Crippen molar-refractivity contribution in [3.8, 4) is 0 Å². The molecule has 16 heteroatoms. The second-order valence-corrected chi connectivity index (χ2v) is 14.0. The van der Waals surface area contributed by atoms with E-state index >= 15 is 0 Å². The average Bonchev–Trinajstić information content (AvgIpc) is 3.15. The van der Waals surface area contributed by atoms with Crippen LogP contribution in [0.25, 0.3) is 0 Å². The highest BCUT2D eigenvalue weighted by molar-refractivity contribution is 5.88. The van der Waals surface area contributed by atoms with Crippen LogP contribution in [0.3, 0.4) is 0 Å². The van der Waals surface area contributed by atoms with E-state index in [0.717, 1.165) is 0 Å². The summed E-state index contributed by atoms with van der Waals surface area (Å²) in [5.41, 5.74) is 0.950. The molecule has 0 aromatic carbocycles. The van der Waals surface area contributed by atoms with Crippen molar-refractivity contribution in [2.75, 3.05) is 26.4 Å². The Hall–Kier alpha value is -5.28. The van der Waals surface area contributed by atoms with Crippen molar-refractivity contribution in [3.63, 3.8) is 0 Å². The second-order valence-electron chi connectivity index (χ2n) is 14.0. The van der Waals surface area contributed by atoms with Gasteiger partial charge in [0, 0.05) is 48.0 Å². The Labute approximate surface area is 340 Å². The van der Waals surface area contributed by atoms with E-state index in [1.807, 2.05) is 0 Å². The molecule has 1 saturated carbocycles. The first kappa shape index (κ1) is 50.7. The molecule has 1 aliphatic carbocycles. The zero-order valence-electron chi connectivity index (χ0n) is 34.4. The molecule has 58 heavy (non-hydrogen) atoms. The number of esters is 8. The molecule has 0 unspecified atom stereocenters. The van der Waals surface area contributed by atoms with Crippen LogP contribution in [0.15, 0.2) is 48.6 Å². The van der Waals surface area contributed by atoms with E-state index in [-0.39, 0.29) is 100 Å². The summed E-state index contributed by atoms with van der Waals surface area (Å²) in [6.07, 6.45) is -2.66. The first-order valence-corrected chi connectivity index (χ1v) is 19.5. The molecule has 0 amide bonds. The van der Waals surface area contributed by atoms with Crippen molar-refractivity contribution in [1.82, 2.24) is 0 Å². The van der Waals surface area contributed by atoms with Crippen LogP contribution in [0.5, 0.6) is 0 Å². The highest BCUT2D eigenvalue weighted by Crippen LogP contribution is 2.31. The lowest BCUT2D eigenvalue weighted by Gasteiger charge is -2.40. The van der Waals surface area contributed by atoms with Crippen LogP contribution in [-0.4, -0.2) is 98.6 Å². The SMILES string of the molecule is C=C(C)C(=O)OCCCCC(=O)O[C@@H]1[C@@H](OC(=O)CCCCOC(=O)C(=C)C)[C@H](OC(=O)CCCCOC(=O)C(=C)C)CC[C@@H]1OC(=O)CCCCOC(=O)C(=C)C. The lowest BCUT2D eigenvalue weighted by Crippen LogP contribution is -2.55. The van der Waals surface area contributed by atoms with Gasteiger partial charge in [-0.25, -0.2) is 19.2 Å². The molecule has 0 saturated heterocycles. The zero-order chi connectivity index (χ0) is 43.6. The molecular weight excluding hydrogens is 760 g/mol. The fourth-order valence-corrected chi connectivity index (χ4v) is 5.13. The fraction of sp³-hybridized carbons (Fsp3) is 0.619. The molecule has 1 aliphatic rings. The maximum absolute atomic E-state index is 13.2. The summed E-state index contributed by atoms with van der Waals surface area (Å²) >= 11 is 0. The Morgan fingerprint density at radius 2 is 0.603 bits per heavy atom. The number of carbonyl (C=O) groups is 8. The van der Waals surface area contributed by atoms with Gasteiger partial charge in [-0.2, -0.15) is 0 Å². The number of hydrogen-bond donors (Lipinski definition) is 0. The van der Waals surface area contributed by atoms with Crippen LogP contribution in [-0.2, 0) is 76.3 Å². The monoisotopic (exact) mass is 820 g/mol. The Morgan fingerprint density at radius 3 is 0.828 bits per heavy atom. The third-order valence-electron chi connectivity index (χ3n) is 8.32. The van der Waals surface area contributed by atoms with Gasteiger partial charge in [0.2, 0.25) is 0 Å². The normalized spacial score (nSPS) is 17.0. The van der Waals surface area contributed by atoms with E-state index < -0.39 is 72.2 Å². The Balaban J connectivity index is 3.15. The summed E-state index contributed by atoms with van der Waals surface area (Å²) in [6.45, 7) is 20.3. The van der Waals surface area contributed by atoms with Gasteiger partial charge in [0.15, 0.2) is 12.2 Å². The summed E-state index contributed by atoms with van der Waals surface area (Å²) in [7, 11) is 0. The van der Waals surface area contributed by atoms with Crippen LogP contribution in [0, 0.1) is 0 Å². The first-order valence-electron chi connectivity index (χ1n) is 19.5. The van der Waals surface area contributed by atoms with Crippen LogP contribution < -0.4 is 0 Å². The molecule has 0 aromatic heterocycles. The summed E-state index contributed by atoms with van der Waals surface area (Å²) in [6, 6.07) is 0. The van der Waals surface area contributed by atoms with Gasteiger partial charge in [-0.1, -0.05) is 26.3 Å². The van der Waals surface area contributed by atoms with Gasteiger partial charge in [0.1, 0.15) is 12.2 Å².